The largest absolute Gasteiger partial charge is 0.497 e. The highest BCUT2D eigenvalue weighted by atomic mass is 16.5. The van der Waals surface area contributed by atoms with E-state index in [0.29, 0.717) is 5.56 Å². The first-order chi connectivity index (χ1) is 12.2. The Kier molecular flexibility index (Phi) is 5.50. The molecule has 132 valence electrons. The average molecular weight is 341 g/mol. The van der Waals surface area contributed by atoms with Gasteiger partial charge < -0.3 is 20.1 Å². The van der Waals surface area contributed by atoms with Gasteiger partial charge in [-0.05, 0) is 42.7 Å². The Bertz CT molecular complexity index is 695. The molecule has 0 spiro atoms. The van der Waals surface area contributed by atoms with Crippen LogP contribution in [0, 0.1) is 0 Å². The van der Waals surface area contributed by atoms with E-state index in [4.69, 9.17) is 4.74 Å². The van der Waals surface area contributed by atoms with E-state index in [1.807, 2.05) is 6.07 Å². The molecule has 2 N–H and O–H groups in total. The Hall–Kier alpha value is -2.60. The molecule has 0 aliphatic carbocycles. The molecule has 6 heteroatoms. The summed E-state index contributed by atoms with van der Waals surface area (Å²) in [6, 6.07) is 10.8. The number of pyridine rings is 1. The Morgan fingerprint density at radius 2 is 1.96 bits per heavy atom. The number of aliphatic hydroxyl groups excluding tert-OH is 1. The van der Waals surface area contributed by atoms with Crippen LogP contribution in [0.4, 0.5) is 5.82 Å². The molecule has 1 atom stereocenters. The van der Waals surface area contributed by atoms with Crippen LogP contribution in [0.25, 0.3) is 0 Å². The van der Waals surface area contributed by atoms with Crippen molar-refractivity contribution < 1.29 is 14.6 Å². The zero-order valence-corrected chi connectivity index (χ0v) is 14.3. The minimum atomic E-state index is -0.772. The summed E-state index contributed by atoms with van der Waals surface area (Å²) in [6.07, 6.45) is 3.19. The summed E-state index contributed by atoms with van der Waals surface area (Å²) in [7, 11) is 1.59. The lowest BCUT2D eigenvalue weighted by Crippen LogP contribution is -2.28. The Morgan fingerprint density at radius 1 is 1.24 bits per heavy atom. The number of carbonyl (C=O) groups excluding carboxylic acids is 1. The van der Waals surface area contributed by atoms with Gasteiger partial charge in [0.05, 0.1) is 18.8 Å². The molecule has 0 unspecified atom stereocenters. The zero-order chi connectivity index (χ0) is 17.6. The van der Waals surface area contributed by atoms with Crippen molar-refractivity contribution in [1.29, 1.82) is 0 Å². The van der Waals surface area contributed by atoms with Gasteiger partial charge in [-0.25, -0.2) is 4.98 Å². The lowest BCUT2D eigenvalue weighted by Gasteiger charge is -2.16. The summed E-state index contributed by atoms with van der Waals surface area (Å²) in [6.45, 7) is 2.18. The standard InChI is InChI=1S/C19H23N3O3/c1-25-16-7-4-14(5-8-16)17(23)13-21-19(24)15-6-9-18(20-12-15)22-10-2-3-11-22/h4-9,12,17,23H,2-3,10-11,13H2,1H3,(H,21,24)/t17-/m1/s1. The maximum absolute atomic E-state index is 12.2. The lowest BCUT2D eigenvalue weighted by atomic mass is 10.1. The number of anilines is 1. The monoisotopic (exact) mass is 341 g/mol. The van der Waals surface area contributed by atoms with Crippen molar-refractivity contribution in [1.82, 2.24) is 10.3 Å². The molecule has 6 nitrogen and oxygen atoms in total. The molecule has 0 bridgehead atoms. The summed E-state index contributed by atoms with van der Waals surface area (Å²) in [4.78, 5) is 18.8. The summed E-state index contributed by atoms with van der Waals surface area (Å²) in [5.74, 6) is 1.39. The molecule has 2 aromatic rings. The highest BCUT2D eigenvalue weighted by molar-refractivity contribution is 5.94. The summed E-state index contributed by atoms with van der Waals surface area (Å²) in [5.41, 5.74) is 1.22. The predicted octanol–water partition coefficient (Wildman–Crippen LogP) is 2.15. The van der Waals surface area contributed by atoms with Gasteiger partial charge in [-0.3, -0.25) is 4.79 Å². The number of aliphatic hydroxyl groups is 1. The van der Waals surface area contributed by atoms with Crippen molar-refractivity contribution in [2.75, 3.05) is 31.6 Å². The van der Waals surface area contributed by atoms with Gasteiger partial charge in [0.15, 0.2) is 0 Å². The second-order valence-electron chi connectivity index (χ2n) is 6.10. The molecule has 25 heavy (non-hydrogen) atoms. The minimum absolute atomic E-state index is 0.138. The Balaban J connectivity index is 1.54. The van der Waals surface area contributed by atoms with Crippen molar-refractivity contribution in [2.24, 2.45) is 0 Å². The SMILES string of the molecule is COc1ccc([C@H](O)CNC(=O)c2ccc(N3CCCC3)nc2)cc1. The number of benzene rings is 1. The molecular weight excluding hydrogens is 318 g/mol. The molecule has 3 rings (SSSR count). The maximum Gasteiger partial charge on any atom is 0.252 e. The maximum atomic E-state index is 12.2. The second kappa shape index (κ2) is 7.98. The smallest absolute Gasteiger partial charge is 0.252 e. The third kappa shape index (κ3) is 4.28. The number of hydrogen-bond acceptors (Lipinski definition) is 5. The van der Waals surface area contributed by atoms with Gasteiger partial charge in [-0.1, -0.05) is 12.1 Å². The fraction of sp³-hybridized carbons (Fsp3) is 0.368. The summed E-state index contributed by atoms with van der Waals surface area (Å²) >= 11 is 0. The van der Waals surface area contributed by atoms with Gasteiger partial charge in [-0.2, -0.15) is 0 Å². The molecule has 1 amide bonds. The highest BCUT2D eigenvalue weighted by Crippen LogP contribution is 2.18. The molecule has 1 aromatic heterocycles. The molecule has 1 aliphatic heterocycles. The molecule has 2 heterocycles. The molecule has 1 aromatic carbocycles. The molecule has 0 radical (unpaired) electrons. The van der Waals surface area contributed by atoms with Crippen LogP contribution in [0.1, 0.15) is 34.9 Å². The fourth-order valence-corrected chi connectivity index (χ4v) is 2.89. The van der Waals surface area contributed by atoms with E-state index >= 15 is 0 Å². The van der Waals surface area contributed by atoms with Crippen molar-refractivity contribution >= 4 is 11.7 Å². The number of methoxy groups -OCH3 is 1. The topological polar surface area (TPSA) is 74.7 Å². The summed E-state index contributed by atoms with van der Waals surface area (Å²) in [5, 5.41) is 12.9. The van der Waals surface area contributed by atoms with Crippen LogP contribution in [-0.4, -0.2) is 42.7 Å². The number of amides is 1. The normalized spacial score (nSPS) is 15.0. The summed E-state index contributed by atoms with van der Waals surface area (Å²) < 4.78 is 5.09. The number of carbonyl (C=O) groups is 1. The molecule has 1 fully saturated rings. The van der Waals surface area contributed by atoms with Crippen molar-refractivity contribution in [3.8, 4) is 5.75 Å². The van der Waals surface area contributed by atoms with E-state index in [2.05, 4.69) is 15.2 Å². The van der Waals surface area contributed by atoms with E-state index < -0.39 is 6.10 Å². The molecule has 1 aliphatic rings. The quantitative estimate of drug-likeness (QED) is 0.842. The van der Waals surface area contributed by atoms with Crippen molar-refractivity contribution in [3.63, 3.8) is 0 Å². The van der Waals surface area contributed by atoms with Crippen LogP contribution >= 0.6 is 0 Å². The van der Waals surface area contributed by atoms with Crippen LogP contribution in [0.2, 0.25) is 0 Å². The van der Waals surface area contributed by atoms with Gasteiger partial charge in [0.1, 0.15) is 11.6 Å². The van der Waals surface area contributed by atoms with Gasteiger partial charge in [0.25, 0.3) is 5.91 Å². The third-order valence-electron chi connectivity index (χ3n) is 4.40. The van der Waals surface area contributed by atoms with Gasteiger partial charge in [-0.15, -0.1) is 0 Å². The van der Waals surface area contributed by atoms with Gasteiger partial charge in [0.2, 0.25) is 0 Å². The van der Waals surface area contributed by atoms with Crippen LogP contribution in [0.5, 0.6) is 5.75 Å². The number of nitrogens with zero attached hydrogens (tertiary/aromatic N) is 2. The molecule has 0 saturated carbocycles. The van der Waals surface area contributed by atoms with Gasteiger partial charge in [0, 0.05) is 25.8 Å². The fourth-order valence-electron chi connectivity index (χ4n) is 2.89. The van der Waals surface area contributed by atoms with Gasteiger partial charge >= 0.3 is 0 Å². The third-order valence-corrected chi connectivity index (χ3v) is 4.40. The van der Waals surface area contributed by atoms with Crippen LogP contribution in [0.15, 0.2) is 42.6 Å². The van der Waals surface area contributed by atoms with E-state index in [1.54, 1.807) is 43.6 Å². The van der Waals surface area contributed by atoms with E-state index in [-0.39, 0.29) is 12.5 Å². The van der Waals surface area contributed by atoms with Crippen LogP contribution < -0.4 is 15.0 Å². The first-order valence-electron chi connectivity index (χ1n) is 8.48. The van der Waals surface area contributed by atoms with Crippen molar-refractivity contribution in [2.45, 2.75) is 18.9 Å². The lowest BCUT2D eigenvalue weighted by molar-refractivity contribution is 0.0916. The first kappa shape index (κ1) is 17.2. The minimum Gasteiger partial charge on any atom is -0.497 e. The Labute approximate surface area is 147 Å². The number of hydrogen-bond donors (Lipinski definition) is 2. The number of aromatic nitrogens is 1. The second-order valence-corrected chi connectivity index (χ2v) is 6.10. The first-order valence-corrected chi connectivity index (χ1v) is 8.48. The number of ether oxygens (including phenoxy) is 1. The van der Waals surface area contributed by atoms with Crippen LogP contribution in [0.3, 0.4) is 0 Å². The molecular formula is C19H23N3O3. The van der Waals surface area contributed by atoms with Crippen molar-refractivity contribution in [3.05, 3.63) is 53.7 Å². The highest BCUT2D eigenvalue weighted by Gasteiger charge is 2.15. The average Bonchev–Trinajstić information content (AvgIpc) is 3.21. The van der Waals surface area contributed by atoms with E-state index in [1.165, 1.54) is 12.8 Å². The van der Waals surface area contributed by atoms with E-state index in [9.17, 15) is 9.90 Å². The predicted molar refractivity (Wildman–Crippen MR) is 96.0 cm³/mol. The number of nitrogens with one attached hydrogen (secondary N) is 1. The molecule has 1 saturated heterocycles. The van der Waals surface area contributed by atoms with Crippen LogP contribution in [-0.2, 0) is 0 Å². The Morgan fingerprint density at radius 3 is 2.56 bits per heavy atom. The number of rotatable bonds is 6. The zero-order valence-electron chi connectivity index (χ0n) is 14.3. The van der Waals surface area contributed by atoms with E-state index in [0.717, 1.165) is 30.2 Å².